The van der Waals surface area contributed by atoms with E-state index < -0.39 is 5.97 Å². The molecule has 2 heterocycles. The van der Waals surface area contributed by atoms with Crippen LogP contribution in [0.15, 0.2) is 44.7 Å². The number of esters is 1. The van der Waals surface area contributed by atoms with E-state index in [-0.39, 0.29) is 5.56 Å². The highest BCUT2D eigenvalue weighted by Gasteiger charge is 2.17. The highest BCUT2D eigenvalue weighted by atomic mass is 32.2. The number of nitrogens with zero attached hydrogens (tertiary/aromatic N) is 2. The second-order valence-electron chi connectivity index (χ2n) is 6.68. The summed E-state index contributed by atoms with van der Waals surface area (Å²) < 4.78 is 12.1. The molecular weight excluding hydrogens is 364 g/mol. The minimum atomic E-state index is -0.423. The second kappa shape index (κ2) is 8.00. The number of carbonyl (C=O) groups excluding carboxylic acids is 1. The molecule has 7 heteroatoms. The highest BCUT2D eigenvalue weighted by molar-refractivity contribution is 7.98. The zero-order valence-electron chi connectivity index (χ0n) is 15.8. The number of furan rings is 1. The lowest BCUT2D eigenvalue weighted by Crippen LogP contribution is -2.25. The number of carbonyl (C=O) groups is 1. The third-order valence-electron chi connectivity index (χ3n) is 4.09. The lowest BCUT2D eigenvalue weighted by molar-refractivity contribution is 0.0599. The lowest BCUT2D eigenvalue weighted by Gasteiger charge is -2.14. The van der Waals surface area contributed by atoms with Crippen molar-refractivity contribution in [2.24, 2.45) is 5.92 Å². The summed E-state index contributed by atoms with van der Waals surface area (Å²) in [7, 11) is 1.34. The van der Waals surface area contributed by atoms with Crippen molar-refractivity contribution in [2.75, 3.05) is 7.11 Å². The van der Waals surface area contributed by atoms with Gasteiger partial charge in [-0.05, 0) is 31.0 Å². The molecule has 142 valence electrons. The Morgan fingerprint density at radius 2 is 2.07 bits per heavy atom. The molecule has 6 nitrogen and oxygen atoms in total. The first-order valence-electron chi connectivity index (χ1n) is 8.70. The Hall–Kier alpha value is -2.54. The van der Waals surface area contributed by atoms with Crippen molar-refractivity contribution in [3.63, 3.8) is 0 Å². The van der Waals surface area contributed by atoms with Gasteiger partial charge in [-0.15, -0.1) is 0 Å². The van der Waals surface area contributed by atoms with Gasteiger partial charge in [-0.2, -0.15) is 0 Å². The van der Waals surface area contributed by atoms with Crippen LogP contribution in [0.5, 0.6) is 0 Å². The molecule has 27 heavy (non-hydrogen) atoms. The molecule has 0 atom stereocenters. The number of methoxy groups -OCH3 is 1. The first kappa shape index (κ1) is 19.2. The molecule has 0 aliphatic rings. The molecule has 0 bridgehead atoms. The van der Waals surface area contributed by atoms with Crippen LogP contribution in [0.3, 0.4) is 0 Å². The normalized spacial score (nSPS) is 11.3. The summed E-state index contributed by atoms with van der Waals surface area (Å²) in [4.78, 5) is 29.3. The van der Waals surface area contributed by atoms with Gasteiger partial charge in [-0.3, -0.25) is 9.36 Å². The molecule has 0 fully saturated rings. The van der Waals surface area contributed by atoms with Gasteiger partial charge in [0.1, 0.15) is 17.1 Å². The number of hydrogen-bond acceptors (Lipinski definition) is 6. The minimum absolute atomic E-state index is 0.0392. The molecule has 0 radical (unpaired) electrons. The number of fused-ring (bicyclic) bond motifs is 1. The topological polar surface area (TPSA) is 74.3 Å². The smallest absolute Gasteiger partial charge is 0.341 e. The van der Waals surface area contributed by atoms with Gasteiger partial charge >= 0.3 is 5.97 Å². The Kier molecular flexibility index (Phi) is 5.70. The van der Waals surface area contributed by atoms with Crippen LogP contribution in [-0.4, -0.2) is 22.6 Å². The van der Waals surface area contributed by atoms with Gasteiger partial charge < -0.3 is 9.15 Å². The summed E-state index contributed by atoms with van der Waals surface area (Å²) in [5.41, 5.74) is 1.05. The van der Waals surface area contributed by atoms with E-state index in [0.29, 0.717) is 51.4 Å². The van der Waals surface area contributed by atoms with Crippen LogP contribution in [-0.2, 0) is 17.0 Å². The molecule has 0 aliphatic carbocycles. The Balaban J connectivity index is 1.94. The molecule has 0 unspecified atom stereocenters. The van der Waals surface area contributed by atoms with Crippen molar-refractivity contribution in [2.45, 2.75) is 38.2 Å². The van der Waals surface area contributed by atoms with Crippen LogP contribution in [0.2, 0.25) is 0 Å². The number of aromatic nitrogens is 2. The van der Waals surface area contributed by atoms with E-state index in [1.807, 2.05) is 18.2 Å². The molecular formula is C20H22N2O4S. The molecule has 0 N–H and O–H groups in total. The fourth-order valence-corrected chi connectivity index (χ4v) is 3.74. The summed E-state index contributed by atoms with van der Waals surface area (Å²) in [6.07, 6.45) is 0. The molecule has 1 aromatic carbocycles. The van der Waals surface area contributed by atoms with Crippen molar-refractivity contribution in [3.05, 3.63) is 57.8 Å². The van der Waals surface area contributed by atoms with E-state index >= 15 is 0 Å². The Morgan fingerprint density at radius 1 is 1.33 bits per heavy atom. The summed E-state index contributed by atoms with van der Waals surface area (Å²) in [6, 6.07) is 9.04. The average Bonchev–Trinajstić information content (AvgIpc) is 3.02. The number of para-hydroxylation sites is 1. The lowest BCUT2D eigenvalue weighted by atomic mass is 10.2. The van der Waals surface area contributed by atoms with Crippen LogP contribution in [0.4, 0.5) is 0 Å². The van der Waals surface area contributed by atoms with Gasteiger partial charge in [-0.25, -0.2) is 9.78 Å². The van der Waals surface area contributed by atoms with Gasteiger partial charge in [0.05, 0.1) is 23.8 Å². The Labute approximate surface area is 161 Å². The van der Waals surface area contributed by atoms with Crippen molar-refractivity contribution in [1.82, 2.24) is 9.55 Å². The Bertz CT molecular complexity index is 1040. The van der Waals surface area contributed by atoms with E-state index in [9.17, 15) is 9.59 Å². The van der Waals surface area contributed by atoms with Gasteiger partial charge in [0.2, 0.25) is 0 Å². The first-order valence-corrected chi connectivity index (χ1v) is 9.69. The van der Waals surface area contributed by atoms with Gasteiger partial charge in [0, 0.05) is 6.54 Å². The van der Waals surface area contributed by atoms with Gasteiger partial charge in [-0.1, -0.05) is 37.7 Å². The minimum Gasteiger partial charge on any atom is -0.465 e. The van der Waals surface area contributed by atoms with Crippen LogP contribution < -0.4 is 5.56 Å². The monoisotopic (exact) mass is 386 g/mol. The number of benzene rings is 1. The number of hydrogen-bond donors (Lipinski definition) is 0. The molecule has 0 aliphatic heterocycles. The van der Waals surface area contributed by atoms with E-state index in [2.05, 4.69) is 18.8 Å². The molecule has 0 spiro atoms. The summed E-state index contributed by atoms with van der Waals surface area (Å²) in [6.45, 7) is 6.44. The zero-order chi connectivity index (χ0) is 19.6. The zero-order valence-corrected chi connectivity index (χ0v) is 16.6. The molecule has 0 saturated heterocycles. The highest BCUT2D eigenvalue weighted by Crippen LogP contribution is 2.25. The predicted octanol–water partition coefficient (Wildman–Crippen LogP) is 4.03. The maximum Gasteiger partial charge on any atom is 0.341 e. The Morgan fingerprint density at radius 3 is 2.78 bits per heavy atom. The van der Waals surface area contributed by atoms with Crippen LogP contribution >= 0.6 is 11.8 Å². The fraction of sp³-hybridized carbons (Fsp3) is 0.350. The van der Waals surface area contributed by atoms with Gasteiger partial charge in [0.25, 0.3) is 5.56 Å². The SMILES string of the molecule is COC(=O)c1cc(CSc2nc3ccccc3c(=O)n2CC(C)C)oc1C. The van der Waals surface area contributed by atoms with Crippen LogP contribution in [0, 0.1) is 12.8 Å². The van der Waals surface area contributed by atoms with Crippen LogP contribution in [0.25, 0.3) is 10.9 Å². The van der Waals surface area contributed by atoms with E-state index in [1.54, 1.807) is 23.6 Å². The second-order valence-corrected chi connectivity index (χ2v) is 7.63. The number of rotatable bonds is 6. The summed E-state index contributed by atoms with van der Waals surface area (Å²) in [5, 5.41) is 1.25. The van der Waals surface area contributed by atoms with Crippen molar-refractivity contribution in [3.8, 4) is 0 Å². The average molecular weight is 386 g/mol. The maximum absolute atomic E-state index is 12.9. The maximum atomic E-state index is 12.9. The molecule has 2 aromatic heterocycles. The summed E-state index contributed by atoms with van der Waals surface area (Å²) in [5.74, 6) is 1.50. The quantitative estimate of drug-likeness (QED) is 0.362. The van der Waals surface area contributed by atoms with Gasteiger partial charge in [0.15, 0.2) is 5.16 Å². The number of ether oxygens (including phenoxy) is 1. The molecule has 3 aromatic rings. The van der Waals surface area contributed by atoms with Crippen molar-refractivity contribution >= 4 is 28.6 Å². The molecule has 0 saturated carbocycles. The van der Waals surface area contributed by atoms with Crippen LogP contribution in [0.1, 0.15) is 35.7 Å². The van der Waals surface area contributed by atoms with Crippen molar-refractivity contribution in [1.29, 1.82) is 0 Å². The third kappa shape index (κ3) is 4.08. The van der Waals surface area contributed by atoms with E-state index in [1.165, 1.54) is 18.9 Å². The molecule has 3 rings (SSSR count). The van der Waals surface area contributed by atoms with E-state index in [0.717, 1.165) is 0 Å². The predicted molar refractivity (Wildman–Crippen MR) is 105 cm³/mol. The largest absolute Gasteiger partial charge is 0.465 e. The third-order valence-corrected chi connectivity index (χ3v) is 5.09. The van der Waals surface area contributed by atoms with E-state index in [4.69, 9.17) is 9.15 Å². The number of thioether (sulfide) groups is 1. The fourth-order valence-electron chi connectivity index (χ4n) is 2.85. The number of aryl methyl sites for hydroxylation is 1. The molecule has 0 amide bonds. The first-order chi connectivity index (χ1) is 12.9. The standard InChI is InChI=1S/C20H22N2O4S/c1-12(2)10-22-18(23)15-7-5-6-8-17(15)21-20(22)27-11-14-9-16(13(3)26-14)19(24)25-4/h5-9,12H,10-11H2,1-4H3. The summed E-state index contributed by atoms with van der Waals surface area (Å²) >= 11 is 1.42. The van der Waals surface area contributed by atoms with Crippen molar-refractivity contribution < 1.29 is 13.9 Å².